The molecular formula is C29H43NO. The molecule has 1 aromatic carbocycles. The molecule has 31 heavy (non-hydrogen) atoms. The second-order valence-electron chi connectivity index (χ2n) is 14.0. The van der Waals surface area contributed by atoms with Crippen LogP contribution in [0.2, 0.25) is 0 Å². The Kier molecular flexibility index (Phi) is 3.53. The van der Waals surface area contributed by atoms with E-state index in [0.717, 1.165) is 0 Å². The highest BCUT2D eigenvalue weighted by Gasteiger charge is 2.88. The quantitative estimate of drug-likeness (QED) is 0.580. The second kappa shape index (κ2) is 5.27. The van der Waals surface area contributed by atoms with Crippen LogP contribution in [0.15, 0.2) is 12.1 Å². The second-order valence-corrected chi connectivity index (χ2v) is 14.0. The molecule has 1 aromatic rings. The first-order valence-corrected chi connectivity index (χ1v) is 12.8. The van der Waals surface area contributed by atoms with Gasteiger partial charge in [0.2, 0.25) is 0 Å². The zero-order valence-corrected chi connectivity index (χ0v) is 21.3. The van der Waals surface area contributed by atoms with Crippen LogP contribution in [0.25, 0.3) is 0 Å². The Morgan fingerprint density at radius 2 is 1.77 bits per heavy atom. The molecule has 6 aliphatic rings. The van der Waals surface area contributed by atoms with Gasteiger partial charge in [-0.3, -0.25) is 4.90 Å². The summed E-state index contributed by atoms with van der Waals surface area (Å²) in [5.74, 6) is 0.951. The van der Waals surface area contributed by atoms with Crippen LogP contribution in [0.1, 0.15) is 89.5 Å². The molecular weight excluding hydrogens is 378 g/mol. The summed E-state index contributed by atoms with van der Waals surface area (Å²) in [6, 6.07) is 5.54. The number of aliphatic hydroxyl groups is 1. The van der Waals surface area contributed by atoms with E-state index in [0.29, 0.717) is 28.8 Å². The molecule has 3 spiro atoms. The lowest BCUT2D eigenvalue weighted by molar-refractivity contribution is -0.238. The smallest absolute Gasteiger partial charge is 0.0701 e. The molecule has 7 unspecified atom stereocenters. The van der Waals surface area contributed by atoms with Crippen molar-refractivity contribution in [1.82, 2.24) is 4.90 Å². The van der Waals surface area contributed by atoms with Gasteiger partial charge in [-0.05, 0) is 110 Å². The zero-order valence-electron chi connectivity index (χ0n) is 21.3. The van der Waals surface area contributed by atoms with Gasteiger partial charge in [-0.25, -0.2) is 0 Å². The molecule has 5 aliphatic carbocycles. The van der Waals surface area contributed by atoms with E-state index in [-0.39, 0.29) is 16.2 Å². The number of likely N-dealkylation sites (tertiary alicyclic amines) is 1. The van der Waals surface area contributed by atoms with E-state index in [9.17, 15) is 5.11 Å². The van der Waals surface area contributed by atoms with Crippen molar-refractivity contribution in [3.8, 4) is 0 Å². The third-order valence-electron chi connectivity index (χ3n) is 12.7. The summed E-state index contributed by atoms with van der Waals surface area (Å²) in [4.78, 5) is 2.76. The Labute approximate surface area is 189 Å². The van der Waals surface area contributed by atoms with Gasteiger partial charge in [0.05, 0.1) is 5.60 Å². The minimum absolute atomic E-state index is 0.118. The van der Waals surface area contributed by atoms with Crippen molar-refractivity contribution in [2.45, 2.75) is 110 Å². The van der Waals surface area contributed by atoms with Gasteiger partial charge in [0, 0.05) is 17.0 Å². The zero-order chi connectivity index (χ0) is 22.6. The molecule has 4 saturated carbocycles. The van der Waals surface area contributed by atoms with E-state index in [4.69, 9.17) is 0 Å². The lowest BCUT2D eigenvalue weighted by Crippen LogP contribution is -2.71. The number of piperidine rings is 1. The number of hydrogen-bond acceptors (Lipinski definition) is 2. The van der Waals surface area contributed by atoms with Crippen LogP contribution in [-0.2, 0) is 11.8 Å². The Balaban J connectivity index is 1.63. The van der Waals surface area contributed by atoms with Crippen molar-refractivity contribution in [2.75, 3.05) is 7.05 Å². The Morgan fingerprint density at radius 3 is 2.42 bits per heavy atom. The molecule has 1 aliphatic heterocycles. The minimum Gasteiger partial charge on any atom is -0.389 e. The molecule has 4 bridgehead atoms. The van der Waals surface area contributed by atoms with Gasteiger partial charge in [0.15, 0.2) is 0 Å². The van der Waals surface area contributed by atoms with Crippen molar-refractivity contribution in [2.24, 2.45) is 28.1 Å². The Bertz CT molecular complexity index is 1000. The Morgan fingerprint density at radius 1 is 1.10 bits per heavy atom. The summed E-state index contributed by atoms with van der Waals surface area (Å²) in [7, 11) is 2.40. The first-order valence-electron chi connectivity index (χ1n) is 12.8. The highest BCUT2D eigenvalue weighted by molar-refractivity contribution is 5.59. The van der Waals surface area contributed by atoms with E-state index in [1.807, 2.05) is 0 Å². The largest absolute Gasteiger partial charge is 0.389 e. The number of fused-ring (bicyclic) bond motifs is 3. The van der Waals surface area contributed by atoms with Gasteiger partial charge >= 0.3 is 0 Å². The van der Waals surface area contributed by atoms with E-state index in [2.05, 4.69) is 79.5 Å². The van der Waals surface area contributed by atoms with Crippen LogP contribution in [-0.4, -0.2) is 34.2 Å². The van der Waals surface area contributed by atoms with Crippen LogP contribution in [0, 0.1) is 41.9 Å². The average molecular weight is 422 g/mol. The number of hydrogen-bond donors (Lipinski definition) is 1. The van der Waals surface area contributed by atoms with Crippen LogP contribution in [0.3, 0.4) is 0 Å². The van der Waals surface area contributed by atoms with Gasteiger partial charge in [-0.2, -0.15) is 0 Å². The first kappa shape index (κ1) is 20.7. The lowest BCUT2D eigenvalue weighted by Gasteiger charge is -2.73. The van der Waals surface area contributed by atoms with E-state index < -0.39 is 5.60 Å². The maximum Gasteiger partial charge on any atom is 0.0701 e. The molecule has 0 aromatic heterocycles. The molecule has 1 N–H and O–H groups in total. The van der Waals surface area contributed by atoms with Gasteiger partial charge in [-0.1, -0.05) is 46.8 Å². The molecule has 9 atom stereocenters. The minimum atomic E-state index is -0.660. The highest BCUT2D eigenvalue weighted by atomic mass is 16.3. The number of likely N-dealkylation sites (N-methyl/N-ethyl adjacent to an activating group) is 1. The predicted molar refractivity (Wildman–Crippen MR) is 127 cm³/mol. The summed E-state index contributed by atoms with van der Waals surface area (Å²) in [6.45, 7) is 18.8. The molecule has 170 valence electrons. The maximum absolute atomic E-state index is 12.1. The number of rotatable bonds is 1. The molecule has 2 nitrogen and oxygen atoms in total. The third kappa shape index (κ3) is 1.87. The van der Waals surface area contributed by atoms with Crippen molar-refractivity contribution >= 4 is 0 Å². The lowest BCUT2D eigenvalue weighted by atomic mass is 9.32. The number of nitrogens with zero attached hydrogens (tertiary/aromatic N) is 1. The normalized spacial score (nSPS) is 51.0. The highest BCUT2D eigenvalue weighted by Crippen LogP contribution is 2.85. The van der Waals surface area contributed by atoms with Crippen molar-refractivity contribution < 1.29 is 5.11 Å². The van der Waals surface area contributed by atoms with Crippen LogP contribution in [0.5, 0.6) is 0 Å². The van der Waals surface area contributed by atoms with Gasteiger partial charge in [0.1, 0.15) is 0 Å². The summed E-state index contributed by atoms with van der Waals surface area (Å²) in [5.41, 5.74) is 6.78. The van der Waals surface area contributed by atoms with Gasteiger partial charge in [-0.15, -0.1) is 0 Å². The fourth-order valence-electron chi connectivity index (χ4n) is 10.4. The maximum atomic E-state index is 12.1. The molecule has 1 heterocycles. The summed E-state index contributed by atoms with van der Waals surface area (Å²) >= 11 is 0. The first-order chi connectivity index (χ1) is 14.2. The van der Waals surface area contributed by atoms with E-state index in [1.165, 1.54) is 37.7 Å². The van der Waals surface area contributed by atoms with Gasteiger partial charge in [0.25, 0.3) is 0 Å². The monoisotopic (exact) mass is 421 g/mol. The molecule has 0 radical (unpaired) electrons. The van der Waals surface area contributed by atoms with Crippen molar-refractivity contribution in [3.05, 3.63) is 34.4 Å². The molecule has 7 rings (SSSR count). The van der Waals surface area contributed by atoms with Crippen LogP contribution < -0.4 is 0 Å². The summed E-state index contributed by atoms with van der Waals surface area (Å²) in [5, 5.41) is 12.1. The molecule has 2 heteroatoms. The standard InChI is InChI=1S/C29H43NO/c1-17-10-11-20-14-28-16-29(22(20)18(17)2)19(3)25(7)12-13-27(29,23(28)30(28)9)15-21(25)26(8,31)24(4,5)6/h10-11,19,21,23,31H,12-16H2,1-9H3/t19?,21?,23-,25?,26?,27?,28?,29+,30?/m0/s1. The number of benzene rings is 1. The topological polar surface area (TPSA) is 23.2 Å². The Hall–Kier alpha value is -0.860. The average Bonchev–Trinajstić information content (AvgIpc) is 3.15. The summed E-state index contributed by atoms with van der Waals surface area (Å²) < 4.78 is 0. The van der Waals surface area contributed by atoms with Crippen molar-refractivity contribution in [1.29, 1.82) is 0 Å². The molecule has 1 saturated heterocycles. The van der Waals surface area contributed by atoms with Gasteiger partial charge < -0.3 is 5.11 Å². The summed E-state index contributed by atoms with van der Waals surface area (Å²) in [6.07, 6.45) is 6.39. The predicted octanol–water partition coefficient (Wildman–Crippen LogP) is 5.79. The third-order valence-corrected chi connectivity index (χ3v) is 12.7. The molecule has 0 amide bonds. The number of aryl methyl sites for hydroxylation is 1. The fourth-order valence-corrected chi connectivity index (χ4v) is 10.4. The van der Waals surface area contributed by atoms with Crippen molar-refractivity contribution in [3.63, 3.8) is 0 Å². The van der Waals surface area contributed by atoms with E-state index in [1.54, 1.807) is 16.7 Å². The van der Waals surface area contributed by atoms with Crippen LogP contribution in [0.4, 0.5) is 0 Å². The SMILES string of the molecule is Cc1ccc2c(c1C)[C@]13CC4(C2)[C@@H](N4C)C12CCC(C)(C(C(C)(O)C(C)(C)C)C2)C3C. The fraction of sp³-hybridized carbons (Fsp3) is 0.793. The molecule has 5 fully saturated rings. The van der Waals surface area contributed by atoms with E-state index >= 15 is 0 Å². The van der Waals surface area contributed by atoms with Crippen LogP contribution >= 0.6 is 0 Å².